The smallest absolute Gasteiger partial charge is 0.353 e. The zero-order valence-corrected chi connectivity index (χ0v) is 20.3. The summed E-state index contributed by atoms with van der Waals surface area (Å²) in [6, 6.07) is 6.71. The number of aromatic hydroxyl groups is 1. The van der Waals surface area contributed by atoms with E-state index in [1.165, 1.54) is 24.3 Å². The van der Waals surface area contributed by atoms with Crippen LogP contribution in [0.1, 0.15) is 30.2 Å². The number of nitrogens with zero attached hydrogens (tertiary/aromatic N) is 1. The molecule has 0 radical (unpaired) electrons. The summed E-state index contributed by atoms with van der Waals surface area (Å²) in [6.45, 7) is 3.41. The second-order valence-electron chi connectivity index (χ2n) is 7.27. The third-order valence-corrected chi connectivity index (χ3v) is 7.95. The molecule has 0 spiro atoms. The van der Waals surface area contributed by atoms with E-state index in [0.29, 0.717) is 15.7 Å². The maximum atomic E-state index is 13.9. The van der Waals surface area contributed by atoms with Crippen molar-refractivity contribution in [2.75, 3.05) is 5.32 Å². The SMILES string of the molecule is CC(=N)/C(=C(\Nc1nc2c(s1)SC(C)c1cc(Cl)c(Cl)cc1-2)C(=O)O)c1cc(O)cc(F)c1. The molecule has 2 aromatic carbocycles. The largest absolute Gasteiger partial charge is 0.508 e. The van der Waals surface area contributed by atoms with Crippen molar-refractivity contribution in [3.05, 3.63) is 63.0 Å². The van der Waals surface area contributed by atoms with E-state index in [0.717, 1.165) is 27.5 Å². The Morgan fingerprint density at radius 2 is 1.91 bits per heavy atom. The number of carboxylic acids is 1. The van der Waals surface area contributed by atoms with Gasteiger partial charge >= 0.3 is 5.97 Å². The second kappa shape index (κ2) is 8.98. The summed E-state index contributed by atoms with van der Waals surface area (Å²) in [6.07, 6.45) is 0. The van der Waals surface area contributed by atoms with E-state index in [1.54, 1.807) is 17.8 Å². The number of hydrogen-bond acceptors (Lipinski definition) is 7. The van der Waals surface area contributed by atoms with Crippen LogP contribution in [0.15, 0.2) is 40.2 Å². The molecular formula is C22H16Cl2FN3O3S2. The third-order valence-electron chi connectivity index (χ3n) is 4.91. The molecule has 0 amide bonds. The highest BCUT2D eigenvalue weighted by molar-refractivity contribution is 8.01. The van der Waals surface area contributed by atoms with Crippen LogP contribution in [0, 0.1) is 11.2 Å². The fourth-order valence-electron chi connectivity index (χ4n) is 3.53. The number of fused-ring (bicyclic) bond motifs is 3. The summed E-state index contributed by atoms with van der Waals surface area (Å²) in [4.78, 5) is 16.7. The summed E-state index contributed by atoms with van der Waals surface area (Å²) in [5, 5.41) is 31.8. The lowest BCUT2D eigenvalue weighted by Gasteiger charge is -2.21. The highest BCUT2D eigenvalue weighted by atomic mass is 35.5. The number of carboxylic acid groups (broad SMARTS) is 1. The number of halogens is 3. The third kappa shape index (κ3) is 4.59. The summed E-state index contributed by atoms with van der Waals surface area (Å²) in [5.74, 6) is -2.49. The molecule has 4 rings (SSSR count). The number of carbonyl (C=O) groups is 1. The standard InChI is InChI=1S/C22H16Cl2FN3O3S2/c1-8(26)17(10-3-11(25)5-12(29)4-10)19(20(30)31)28-22-27-18-14-7-16(24)15(23)6-13(14)9(2)32-21(18)33-22/h3-7,9,26,29H,1-2H3,(H,27,28)(H,30,31)/b19-17+,26-8?. The fraction of sp³-hybridized carbons (Fsp3) is 0.136. The lowest BCUT2D eigenvalue weighted by Crippen LogP contribution is -2.16. The normalized spacial score (nSPS) is 15.4. The summed E-state index contributed by atoms with van der Waals surface area (Å²) >= 11 is 15.2. The van der Waals surface area contributed by atoms with Crippen LogP contribution >= 0.6 is 46.3 Å². The minimum Gasteiger partial charge on any atom is -0.508 e. The topological polar surface area (TPSA) is 106 Å². The average Bonchev–Trinajstić information content (AvgIpc) is 3.10. The van der Waals surface area contributed by atoms with E-state index in [-0.39, 0.29) is 38.7 Å². The van der Waals surface area contributed by atoms with E-state index in [2.05, 4.69) is 10.3 Å². The van der Waals surface area contributed by atoms with E-state index < -0.39 is 11.8 Å². The number of rotatable bonds is 5. The predicted molar refractivity (Wildman–Crippen MR) is 131 cm³/mol. The molecule has 11 heteroatoms. The van der Waals surface area contributed by atoms with Gasteiger partial charge in [-0.2, -0.15) is 0 Å². The van der Waals surface area contributed by atoms with E-state index in [4.69, 9.17) is 28.6 Å². The zero-order valence-electron chi connectivity index (χ0n) is 17.2. The Kier molecular flexibility index (Phi) is 6.41. The number of thioether (sulfide) groups is 1. The van der Waals surface area contributed by atoms with Gasteiger partial charge in [-0.3, -0.25) is 0 Å². The Labute approximate surface area is 206 Å². The lowest BCUT2D eigenvalue weighted by atomic mass is 9.99. The molecular weight excluding hydrogens is 508 g/mol. The minimum atomic E-state index is -1.36. The first kappa shape index (κ1) is 23.6. The Bertz CT molecular complexity index is 1340. The van der Waals surface area contributed by atoms with Gasteiger partial charge in [0.25, 0.3) is 0 Å². The van der Waals surface area contributed by atoms with Crippen LogP contribution in [0.25, 0.3) is 16.8 Å². The van der Waals surface area contributed by atoms with Crippen molar-refractivity contribution in [3.8, 4) is 17.0 Å². The predicted octanol–water partition coefficient (Wildman–Crippen LogP) is 7.08. The maximum absolute atomic E-state index is 13.9. The number of hydrogen-bond donors (Lipinski definition) is 4. The molecule has 170 valence electrons. The van der Waals surface area contributed by atoms with Crippen molar-refractivity contribution in [2.45, 2.75) is 23.3 Å². The van der Waals surface area contributed by atoms with Gasteiger partial charge in [0.1, 0.15) is 17.3 Å². The fourth-order valence-corrected chi connectivity index (χ4v) is 6.36. The molecule has 4 N–H and O–H groups in total. The average molecular weight is 524 g/mol. The van der Waals surface area contributed by atoms with Crippen LogP contribution in [0.5, 0.6) is 5.75 Å². The highest BCUT2D eigenvalue weighted by Gasteiger charge is 2.29. The van der Waals surface area contributed by atoms with Crippen molar-refractivity contribution in [3.63, 3.8) is 0 Å². The number of allylic oxidation sites excluding steroid dienone is 1. The molecule has 1 unspecified atom stereocenters. The van der Waals surface area contributed by atoms with Crippen LogP contribution < -0.4 is 5.32 Å². The lowest BCUT2D eigenvalue weighted by molar-refractivity contribution is -0.132. The Morgan fingerprint density at radius 3 is 2.55 bits per heavy atom. The first-order valence-corrected chi connectivity index (χ1v) is 12.0. The Balaban J connectivity index is 1.83. The molecule has 1 aromatic heterocycles. The monoisotopic (exact) mass is 523 g/mol. The van der Waals surface area contributed by atoms with Gasteiger partial charge < -0.3 is 20.9 Å². The number of thiazole rings is 1. The van der Waals surface area contributed by atoms with E-state index in [1.807, 2.05) is 13.0 Å². The van der Waals surface area contributed by atoms with Crippen molar-refractivity contribution in [1.29, 1.82) is 5.41 Å². The number of phenols is 1. The molecule has 33 heavy (non-hydrogen) atoms. The second-order valence-corrected chi connectivity index (χ2v) is 10.7. The van der Waals surface area contributed by atoms with E-state index >= 15 is 0 Å². The van der Waals surface area contributed by atoms with Crippen molar-refractivity contribution in [2.24, 2.45) is 0 Å². The number of aromatic nitrogens is 1. The van der Waals surface area contributed by atoms with E-state index in [9.17, 15) is 19.4 Å². The molecule has 0 bridgehead atoms. The molecule has 0 fully saturated rings. The van der Waals surface area contributed by atoms with Gasteiger partial charge in [0.05, 0.1) is 19.9 Å². The quantitative estimate of drug-likeness (QED) is 0.210. The number of benzene rings is 2. The molecule has 1 aliphatic heterocycles. The van der Waals surface area contributed by atoms with Gasteiger partial charge in [-0.15, -0.1) is 11.8 Å². The number of nitrogens with one attached hydrogen (secondary N) is 2. The van der Waals surface area contributed by atoms with Crippen molar-refractivity contribution >= 4 is 68.7 Å². The molecule has 2 heterocycles. The molecule has 3 aromatic rings. The first-order chi connectivity index (χ1) is 15.5. The molecule has 1 aliphatic rings. The zero-order chi connectivity index (χ0) is 24.0. The maximum Gasteiger partial charge on any atom is 0.353 e. The van der Waals surface area contributed by atoms with Gasteiger partial charge in [0.2, 0.25) is 0 Å². The number of aliphatic carboxylic acids is 1. The van der Waals surface area contributed by atoms with Crippen LogP contribution in [-0.4, -0.2) is 26.9 Å². The van der Waals surface area contributed by atoms with Gasteiger partial charge in [-0.1, -0.05) is 34.5 Å². The minimum absolute atomic E-state index is 0.0565. The number of phenolic OH excluding ortho intramolecular Hbond substituents is 1. The highest BCUT2D eigenvalue weighted by Crippen LogP contribution is 2.53. The van der Waals surface area contributed by atoms with Crippen LogP contribution in [0.3, 0.4) is 0 Å². The Morgan fingerprint density at radius 1 is 1.21 bits per heavy atom. The van der Waals surface area contributed by atoms with Crippen LogP contribution in [0.2, 0.25) is 10.0 Å². The van der Waals surface area contributed by atoms with Crippen molar-refractivity contribution in [1.82, 2.24) is 4.98 Å². The van der Waals surface area contributed by atoms with Gasteiger partial charge in [0, 0.05) is 28.2 Å². The van der Waals surface area contributed by atoms with Crippen LogP contribution in [0.4, 0.5) is 9.52 Å². The molecule has 1 atom stereocenters. The molecule has 6 nitrogen and oxygen atoms in total. The first-order valence-electron chi connectivity index (χ1n) is 9.52. The summed E-state index contributed by atoms with van der Waals surface area (Å²) in [7, 11) is 0. The summed E-state index contributed by atoms with van der Waals surface area (Å²) in [5.41, 5.74) is 1.95. The molecule has 0 aliphatic carbocycles. The molecule has 0 saturated carbocycles. The van der Waals surface area contributed by atoms with Crippen LogP contribution in [-0.2, 0) is 4.79 Å². The van der Waals surface area contributed by atoms with Gasteiger partial charge in [0.15, 0.2) is 5.13 Å². The van der Waals surface area contributed by atoms with Gasteiger partial charge in [-0.05, 0) is 49.2 Å². The Hall–Kier alpha value is -2.59. The summed E-state index contributed by atoms with van der Waals surface area (Å²) < 4.78 is 14.8. The van der Waals surface area contributed by atoms with Gasteiger partial charge in [-0.25, -0.2) is 14.2 Å². The van der Waals surface area contributed by atoms with Crippen molar-refractivity contribution < 1.29 is 19.4 Å². The molecule has 0 saturated heterocycles. The number of anilines is 1.